The van der Waals surface area contributed by atoms with Gasteiger partial charge >= 0.3 is 11.3 Å². The molecule has 0 saturated carbocycles. The van der Waals surface area contributed by atoms with Crippen LogP contribution in [0, 0.1) is 0 Å². The number of imidazole rings is 2. The zero-order valence-corrected chi connectivity index (χ0v) is 35.6. The van der Waals surface area contributed by atoms with Crippen molar-refractivity contribution in [2.45, 2.75) is 49.1 Å². The number of H-pyrrole nitrogens is 2. The molecular formula is C23H44B2N14O18P4. The Morgan fingerprint density at radius 3 is 1.38 bits per heavy atom. The van der Waals surface area contributed by atoms with Crippen molar-refractivity contribution < 1.29 is 84.7 Å². The second kappa shape index (κ2) is 19.2. The highest BCUT2D eigenvalue weighted by Gasteiger charge is 2.49. The summed E-state index contributed by atoms with van der Waals surface area (Å²) in [4.78, 5) is 62.5. The number of nitrogens with one attached hydrogen (secondary N) is 2. The average molecular weight is 950 g/mol. The van der Waals surface area contributed by atoms with Crippen LogP contribution in [0.3, 0.4) is 0 Å². The number of ether oxygens (including phenoxy) is 2. The van der Waals surface area contributed by atoms with Gasteiger partial charge in [-0.2, -0.15) is 0 Å². The average Bonchev–Trinajstić information content (AvgIpc) is 3.74. The summed E-state index contributed by atoms with van der Waals surface area (Å²) in [5.41, 5.74) is 9.85. The van der Waals surface area contributed by atoms with Crippen LogP contribution in [0.15, 0.2) is 22.2 Å². The van der Waals surface area contributed by atoms with Gasteiger partial charge in [-0.3, -0.25) is 46.4 Å². The van der Waals surface area contributed by atoms with Gasteiger partial charge in [0.25, 0.3) is 38.0 Å². The molecule has 38 heteroatoms. The van der Waals surface area contributed by atoms with Crippen LogP contribution in [0.4, 0.5) is 11.9 Å². The molecule has 0 bridgehead atoms. The van der Waals surface area contributed by atoms with E-state index in [9.17, 15) is 58.1 Å². The number of nitrogens with two attached hydrogens (primary N) is 2. The van der Waals surface area contributed by atoms with E-state index in [-0.39, 0.29) is 58.8 Å². The summed E-state index contributed by atoms with van der Waals surface area (Å²) in [6.07, 6.45) is -10.5. The number of aliphatic hydroxyl groups is 4. The summed E-state index contributed by atoms with van der Waals surface area (Å²) >= 11 is 0. The maximum absolute atomic E-state index is 12.8. The summed E-state index contributed by atoms with van der Waals surface area (Å²) < 4.78 is 84.9. The van der Waals surface area contributed by atoms with E-state index in [2.05, 4.69) is 28.6 Å². The lowest BCUT2D eigenvalue weighted by Gasteiger charge is -2.34. The third-order valence-corrected chi connectivity index (χ3v) is 16.1. The molecule has 2 unspecified atom stereocenters. The Kier molecular flexibility index (Phi) is 17.0. The lowest BCUT2D eigenvalue weighted by atomic mass is 10.1. The van der Waals surface area contributed by atoms with E-state index >= 15 is 0 Å². The lowest BCUT2D eigenvalue weighted by Crippen LogP contribution is -2.46. The number of rotatable bonds is 14. The van der Waals surface area contributed by atoms with Crippen LogP contribution >= 0.6 is 30.1 Å². The van der Waals surface area contributed by atoms with Crippen LogP contribution in [-0.2, 0) is 59.5 Å². The van der Waals surface area contributed by atoms with Crippen molar-refractivity contribution in [3.8, 4) is 0 Å². The fraction of sp³-hybridized carbons (Fsp3) is 0.565. The number of fused-ring (bicyclic) bond motifs is 2. The summed E-state index contributed by atoms with van der Waals surface area (Å²) in [6, 6.07) is 0. The number of hydrogen-bond acceptors (Lipinski definition) is 26. The minimum Gasteiger partial charge on any atom is -0.778 e. The molecule has 2 fully saturated rings. The standard InChI is InChI=1S/C23H32B2N10O18P4.4H3N/c1-32-5-34(16-10(32)18(40)30-22(26)28-16)20-14(38)12(36)8(50-20)3-48-56(24,46)52-54(42,43)7-55(44,45)53-57(25,47)49-4-9-13(37)15(39)21(51-9)35-6-33(2)11-17(35)29-23(27)31-19(11)41;;;;/h5-6,8-9,12-15,20-21,36-39H,3-4,7H2,1-2H3,(H6-2,26,27,28,29,30,31,40,41,42,43,44,45);4*1H3/t8-,9-,12-,13-,14-,15-,20-,21-,56+,57+;;;;/m1..../s1. The first-order valence-electron chi connectivity index (χ1n) is 15.9. The Morgan fingerprint density at radius 2 is 1.05 bits per heavy atom. The quantitative estimate of drug-likeness (QED) is 0.0319. The molecule has 12 atom stereocenters. The van der Waals surface area contributed by atoms with Crippen molar-refractivity contribution in [3.63, 3.8) is 0 Å². The molecule has 2 aliphatic rings. The molecule has 6 rings (SSSR count). The van der Waals surface area contributed by atoms with E-state index in [4.69, 9.17) is 45.1 Å². The first-order valence-corrected chi connectivity index (χ1v) is 22.6. The highest BCUT2D eigenvalue weighted by atomic mass is 31.3. The molecule has 6 heterocycles. The van der Waals surface area contributed by atoms with Crippen molar-refractivity contribution >= 4 is 79.5 Å². The van der Waals surface area contributed by atoms with E-state index in [0.29, 0.717) is 0 Å². The van der Waals surface area contributed by atoms with E-state index in [0.717, 1.165) is 9.13 Å². The van der Waals surface area contributed by atoms with Gasteiger partial charge in [0.15, 0.2) is 27.8 Å². The molecule has 0 spiro atoms. The van der Waals surface area contributed by atoms with Crippen LogP contribution in [0.1, 0.15) is 12.5 Å². The zero-order chi connectivity index (χ0) is 42.2. The molecule has 32 nitrogen and oxygen atoms in total. The summed E-state index contributed by atoms with van der Waals surface area (Å²) in [6.45, 7) is -2.01. The van der Waals surface area contributed by atoms with Crippen molar-refractivity contribution in [2.75, 3.05) is 30.6 Å². The molecule has 22 N–H and O–H groups in total. The molecule has 4 aromatic rings. The third kappa shape index (κ3) is 11.3. The maximum Gasteiger partial charge on any atom is 0.313 e. The van der Waals surface area contributed by atoms with Crippen LogP contribution in [0.2, 0.25) is 0 Å². The molecule has 0 aliphatic carbocycles. The Balaban J connectivity index is 0.00000320. The molecule has 0 amide bonds. The smallest absolute Gasteiger partial charge is 0.313 e. The number of nitrogens with zero attached hydrogens (tertiary/aromatic N) is 6. The number of aromatic amines is 2. The van der Waals surface area contributed by atoms with Crippen LogP contribution in [0.25, 0.3) is 22.3 Å². The van der Waals surface area contributed by atoms with E-state index in [1.54, 1.807) is 0 Å². The molecule has 4 radical (unpaired) electrons. The molecule has 2 saturated heterocycles. The van der Waals surface area contributed by atoms with Crippen LogP contribution in [-0.4, -0.2) is 120 Å². The largest absolute Gasteiger partial charge is 0.778 e. The van der Waals surface area contributed by atoms with Gasteiger partial charge in [-0.25, -0.2) is 9.13 Å². The molecule has 4 aromatic heterocycles. The topological polar surface area (TPSA) is 552 Å². The van der Waals surface area contributed by atoms with Gasteiger partial charge in [-0.1, -0.05) is 9.97 Å². The molecular weight excluding hydrogens is 906 g/mol. The highest BCUT2D eigenvalue weighted by molar-refractivity contribution is 7.87. The van der Waals surface area contributed by atoms with Gasteiger partial charge in [0.2, 0.25) is 38.6 Å². The molecule has 2 aliphatic heterocycles. The van der Waals surface area contributed by atoms with E-state index in [1.807, 2.05) is 0 Å². The third-order valence-electron chi connectivity index (χ3n) is 8.46. The van der Waals surface area contributed by atoms with Gasteiger partial charge in [0, 0.05) is 0 Å². The van der Waals surface area contributed by atoms with E-state index < -0.39 is 109 Å². The van der Waals surface area contributed by atoms with Crippen molar-refractivity contribution in [2.24, 2.45) is 14.1 Å². The minimum atomic E-state index is -5.88. The molecule has 0 aromatic carbocycles. The predicted molar refractivity (Wildman–Crippen MR) is 205 cm³/mol. The van der Waals surface area contributed by atoms with Crippen molar-refractivity contribution in [1.29, 1.82) is 0 Å². The summed E-state index contributed by atoms with van der Waals surface area (Å²) in [5, 5.41) is 42.4. The summed E-state index contributed by atoms with van der Waals surface area (Å²) in [5.74, 6) is -2.72. The number of nitrogen functional groups attached to an aromatic ring is 2. The number of aliphatic hydroxyl groups excluding tert-OH is 4. The predicted octanol–water partition coefficient (Wildman–Crippen LogP) is -5.15. The van der Waals surface area contributed by atoms with Gasteiger partial charge < -0.3 is 93.9 Å². The number of aromatic nitrogens is 8. The van der Waals surface area contributed by atoms with Crippen molar-refractivity contribution in [1.82, 2.24) is 53.7 Å². The first-order chi connectivity index (χ1) is 26.3. The Morgan fingerprint density at radius 1 is 0.721 bits per heavy atom. The zero-order valence-electron chi connectivity index (χ0n) is 32.0. The van der Waals surface area contributed by atoms with Crippen LogP contribution in [0.5, 0.6) is 0 Å². The number of anilines is 2. The van der Waals surface area contributed by atoms with Crippen molar-refractivity contribution in [3.05, 3.63) is 33.4 Å². The minimum absolute atomic E-state index is 0. The normalized spacial score (nSPS) is 27.7. The monoisotopic (exact) mass is 950 g/mol. The molecule has 61 heavy (non-hydrogen) atoms. The van der Waals surface area contributed by atoms with Gasteiger partial charge in [-0.05, 0) is 0 Å². The van der Waals surface area contributed by atoms with Gasteiger partial charge in [0.05, 0.1) is 33.2 Å². The highest BCUT2D eigenvalue weighted by Crippen LogP contribution is 2.67. The maximum atomic E-state index is 12.8. The Labute approximate surface area is 344 Å². The lowest BCUT2D eigenvalue weighted by molar-refractivity contribution is -0.746. The Hall–Kier alpha value is -3.29. The van der Waals surface area contributed by atoms with Crippen LogP contribution < -0.4 is 66.1 Å². The Bertz CT molecular complexity index is 2370. The van der Waals surface area contributed by atoms with Gasteiger partial charge in [0.1, 0.15) is 36.6 Å². The summed E-state index contributed by atoms with van der Waals surface area (Å²) in [7, 11) is -8.66. The fourth-order valence-electron chi connectivity index (χ4n) is 6.12. The second-order valence-electron chi connectivity index (χ2n) is 12.8. The molecule has 340 valence electrons. The second-order valence-corrected chi connectivity index (χ2v) is 20.4. The van der Waals surface area contributed by atoms with Gasteiger partial charge in [-0.15, -0.1) is 0 Å². The van der Waals surface area contributed by atoms with E-state index in [1.165, 1.54) is 35.9 Å². The SMILES string of the molecule is N.N.N.N.[B][P@](=O)(OC[C@H]1O[C@@H]([n+]2cn(C)c3c(=O)[nH]c(N)nc32)[C@H](O)[C@@H]1O)OP(=O)([O-])CP(=O)([O-])O[P@@]([B])(=O)OC[C@H]1O[C@@H]([n+]2cn(C)c3c(=O)[nH]c(N)nc32)[C@H](O)[C@@H]1O. The fourth-order valence-corrected chi connectivity index (χ4v) is 13.0. The first kappa shape index (κ1) is 53.8. The number of hydrogen-bond donors (Lipinski definition) is 12. The number of aryl methyl sites for hydroxylation is 2.